The molecule has 7 atom stereocenters. The molecule has 0 radical (unpaired) electrons. The zero-order valence-electron chi connectivity index (χ0n) is 19.4. The number of nitriles is 1. The van der Waals surface area contributed by atoms with E-state index >= 15 is 0 Å². The first kappa shape index (κ1) is 22.0. The normalized spacial score (nSPS) is 34.4. The highest BCUT2D eigenvalue weighted by Crippen LogP contribution is 2.48. The fraction of sp³-hybridized carbons (Fsp3) is 0.654. The van der Waals surface area contributed by atoms with Crippen molar-refractivity contribution in [2.75, 3.05) is 13.1 Å². The number of carbonyl (C=O) groups excluding carboxylic acids is 2. The molecule has 3 saturated heterocycles. The van der Waals surface area contributed by atoms with Gasteiger partial charge in [-0.25, -0.2) is 4.39 Å². The number of benzene rings is 1. The lowest BCUT2D eigenvalue weighted by atomic mass is 9.89. The van der Waals surface area contributed by atoms with Gasteiger partial charge in [0.25, 0.3) is 0 Å². The van der Waals surface area contributed by atoms with Gasteiger partial charge in [-0.2, -0.15) is 5.26 Å². The lowest BCUT2D eigenvalue weighted by Crippen LogP contribution is -2.57. The summed E-state index contributed by atoms with van der Waals surface area (Å²) in [4.78, 5) is 32.5. The number of halogens is 1. The molecule has 1 aromatic carbocycles. The predicted octanol–water partition coefficient (Wildman–Crippen LogP) is 2.18. The van der Waals surface area contributed by atoms with E-state index in [0.29, 0.717) is 24.9 Å². The Hall–Kier alpha value is -2.50. The van der Waals surface area contributed by atoms with E-state index in [-0.39, 0.29) is 47.8 Å². The van der Waals surface area contributed by atoms with Gasteiger partial charge in [0.15, 0.2) is 0 Å². The summed E-state index contributed by atoms with van der Waals surface area (Å²) in [5.41, 5.74) is 7.37. The van der Waals surface area contributed by atoms with Gasteiger partial charge in [0.2, 0.25) is 11.8 Å². The molecule has 8 heteroatoms. The molecule has 5 fully saturated rings. The van der Waals surface area contributed by atoms with Crippen molar-refractivity contribution < 1.29 is 14.0 Å². The van der Waals surface area contributed by atoms with E-state index in [4.69, 9.17) is 5.73 Å². The minimum Gasteiger partial charge on any atom is -0.330 e. The van der Waals surface area contributed by atoms with E-state index < -0.39 is 6.04 Å². The Balaban J connectivity index is 1.16. The first-order valence-electron chi connectivity index (χ1n) is 12.8. The SMILES string of the molecule is N#C[C@@H]1CC2C[C@@H]2N1C(=O)[C@@H](N)CN1C[C@@H]2C[C@H]1C(=O)N2[C@@H](c1ccc(F)cc1)C1CCCC1. The first-order valence-corrected chi connectivity index (χ1v) is 12.8. The molecular formula is C26H32FN5O2. The Bertz CT molecular complexity index is 1020. The van der Waals surface area contributed by atoms with E-state index in [9.17, 15) is 19.2 Å². The average Bonchev–Trinajstić information content (AvgIpc) is 3.25. The molecule has 2 amide bonds. The van der Waals surface area contributed by atoms with Crippen molar-refractivity contribution in [2.24, 2.45) is 17.6 Å². The fourth-order valence-corrected chi connectivity index (χ4v) is 7.26. The molecule has 0 aromatic heterocycles. The monoisotopic (exact) mass is 465 g/mol. The van der Waals surface area contributed by atoms with E-state index in [1.165, 1.54) is 25.0 Å². The van der Waals surface area contributed by atoms with Crippen molar-refractivity contribution in [3.63, 3.8) is 0 Å². The Morgan fingerprint density at radius 3 is 2.59 bits per heavy atom. The topological polar surface area (TPSA) is 93.7 Å². The number of fused-ring (bicyclic) bond motifs is 3. The zero-order valence-corrected chi connectivity index (χ0v) is 19.4. The van der Waals surface area contributed by atoms with Gasteiger partial charge in [-0.05, 0) is 61.6 Å². The first-order chi connectivity index (χ1) is 16.5. The van der Waals surface area contributed by atoms with Crippen LogP contribution in [0.25, 0.3) is 0 Å². The summed E-state index contributed by atoms with van der Waals surface area (Å²) in [7, 11) is 0. The highest BCUT2D eigenvalue weighted by molar-refractivity contribution is 5.87. The quantitative estimate of drug-likeness (QED) is 0.695. The molecule has 6 rings (SSSR count). The maximum absolute atomic E-state index is 13.6. The maximum Gasteiger partial charge on any atom is 0.242 e. The van der Waals surface area contributed by atoms with Crippen LogP contribution >= 0.6 is 0 Å². The third-order valence-corrected chi connectivity index (χ3v) is 8.93. The minimum atomic E-state index is -0.724. The van der Waals surface area contributed by atoms with Crippen LogP contribution < -0.4 is 5.73 Å². The van der Waals surface area contributed by atoms with Crippen LogP contribution in [0.1, 0.15) is 56.6 Å². The molecule has 3 aliphatic heterocycles. The van der Waals surface area contributed by atoms with E-state index in [1.807, 2.05) is 12.1 Å². The third kappa shape index (κ3) is 3.52. The molecule has 1 unspecified atom stereocenters. The number of piperazine rings is 1. The molecule has 3 heterocycles. The second-order valence-electron chi connectivity index (χ2n) is 10.9. The average molecular weight is 466 g/mol. The summed E-state index contributed by atoms with van der Waals surface area (Å²) >= 11 is 0. The van der Waals surface area contributed by atoms with Crippen LogP contribution in [0, 0.1) is 29.0 Å². The van der Waals surface area contributed by atoms with Gasteiger partial charge in [-0.1, -0.05) is 25.0 Å². The molecule has 2 N–H and O–H groups in total. The Labute approximate surface area is 199 Å². The number of likely N-dealkylation sites (tertiary alicyclic amines) is 3. The number of hydrogen-bond acceptors (Lipinski definition) is 5. The molecule has 2 bridgehead atoms. The van der Waals surface area contributed by atoms with E-state index in [0.717, 1.165) is 37.7 Å². The second-order valence-corrected chi connectivity index (χ2v) is 10.9. The number of nitrogens with two attached hydrogens (primary N) is 1. The standard InChI is InChI=1S/C26H32FN5O2/c27-18-7-5-16(6-8-18)24(15-3-1-2-4-15)32-20-11-23(26(32)34)30(13-20)14-21(29)25(33)31-19(12-28)9-17-10-22(17)31/h5-8,15,17,19-24H,1-4,9-11,13-14,29H2/t17?,19-,20-,21-,22-,23-,24+/m0/s1. The number of carbonyl (C=O) groups is 2. The molecule has 0 spiro atoms. The van der Waals surface area contributed by atoms with Gasteiger partial charge in [-0.15, -0.1) is 0 Å². The van der Waals surface area contributed by atoms with E-state index in [1.54, 1.807) is 4.90 Å². The van der Waals surface area contributed by atoms with Crippen molar-refractivity contribution in [3.8, 4) is 6.07 Å². The highest BCUT2D eigenvalue weighted by Gasteiger charge is 2.56. The van der Waals surface area contributed by atoms with Crippen LogP contribution in [0.2, 0.25) is 0 Å². The Morgan fingerprint density at radius 2 is 1.91 bits per heavy atom. The number of piperidine rings is 1. The summed E-state index contributed by atoms with van der Waals surface area (Å²) in [6.45, 7) is 1.05. The summed E-state index contributed by atoms with van der Waals surface area (Å²) < 4.78 is 13.6. The van der Waals surface area contributed by atoms with Gasteiger partial charge in [0.1, 0.15) is 11.9 Å². The lowest BCUT2D eigenvalue weighted by Gasteiger charge is -2.42. The molecule has 5 aliphatic rings. The molecule has 34 heavy (non-hydrogen) atoms. The molecular weight excluding hydrogens is 433 g/mol. The summed E-state index contributed by atoms with van der Waals surface area (Å²) in [5, 5.41) is 9.42. The second kappa shape index (κ2) is 8.31. The van der Waals surface area contributed by atoms with Gasteiger partial charge in [-0.3, -0.25) is 14.5 Å². The van der Waals surface area contributed by atoms with Gasteiger partial charge >= 0.3 is 0 Å². The molecule has 7 nitrogen and oxygen atoms in total. The summed E-state index contributed by atoms with van der Waals surface area (Å²) in [6.07, 6.45) is 7.00. The van der Waals surface area contributed by atoms with Gasteiger partial charge in [0.05, 0.1) is 24.2 Å². The van der Waals surface area contributed by atoms with Gasteiger partial charge < -0.3 is 15.5 Å². The van der Waals surface area contributed by atoms with Crippen LogP contribution in [0.15, 0.2) is 24.3 Å². The van der Waals surface area contributed by atoms with Crippen molar-refractivity contribution in [1.29, 1.82) is 5.26 Å². The minimum absolute atomic E-state index is 0.0177. The summed E-state index contributed by atoms with van der Waals surface area (Å²) in [6, 6.07) is 7.80. The number of amides is 2. The van der Waals surface area contributed by atoms with Gasteiger partial charge in [0, 0.05) is 25.2 Å². The van der Waals surface area contributed by atoms with Crippen LogP contribution in [0.5, 0.6) is 0 Å². The van der Waals surface area contributed by atoms with E-state index in [2.05, 4.69) is 15.9 Å². The van der Waals surface area contributed by atoms with Crippen molar-refractivity contribution >= 4 is 11.8 Å². The molecule has 180 valence electrons. The summed E-state index contributed by atoms with van der Waals surface area (Å²) in [5.74, 6) is 0.546. The van der Waals surface area contributed by atoms with Crippen LogP contribution in [-0.2, 0) is 9.59 Å². The maximum atomic E-state index is 13.6. The van der Waals surface area contributed by atoms with Crippen molar-refractivity contribution in [1.82, 2.24) is 14.7 Å². The molecule has 2 saturated carbocycles. The molecule has 2 aliphatic carbocycles. The van der Waals surface area contributed by atoms with Crippen molar-refractivity contribution in [3.05, 3.63) is 35.6 Å². The Morgan fingerprint density at radius 1 is 1.18 bits per heavy atom. The zero-order chi connectivity index (χ0) is 23.6. The van der Waals surface area contributed by atoms with Crippen LogP contribution in [0.4, 0.5) is 4.39 Å². The number of hydrogen-bond donors (Lipinski definition) is 1. The smallest absolute Gasteiger partial charge is 0.242 e. The van der Waals surface area contributed by atoms with Crippen LogP contribution in [0.3, 0.4) is 0 Å². The third-order valence-electron chi connectivity index (χ3n) is 8.93. The number of nitrogens with zero attached hydrogens (tertiary/aromatic N) is 4. The molecule has 1 aromatic rings. The Kier molecular flexibility index (Phi) is 5.38. The predicted molar refractivity (Wildman–Crippen MR) is 122 cm³/mol. The number of rotatable bonds is 6. The largest absolute Gasteiger partial charge is 0.330 e. The lowest BCUT2D eigenvalue weighted by molar-refractivity contribution is -0.142. The fourth-order valence-electron chi connectivity index (χ4n) is 7.26. The van der Waals surface area contributed by atoms with Crippen molar-refractivity contribution in [2.45, 2.75) is 81.2 Å². The highest BCUT2D eigenvalue weighted by atomic mass is 19.1. The van der Waals surface area contributed by atoms with Crippen LogP contribution in [-0.4, -0.2) is 69.8 Å².